The molecule has 6 nitrogen and oxygen atoms in total. The lowest BCUT2D eigenvalue weighted by Gasteiger charge is -2.10. The van der Waals surface area contributed by atoms with Crippen LogP contribution in [0.2, 0.25) is 0 Å². The zero-order valence-electron chi connectivity index (χ0n) is 14.4. The number of nitrogens with one attached hydrogen (secondary N) is 2. The average Bonchev–Trinajstić information content (AvgIpc) is 2.79. The van der Waals surface area contributed by atoms with Crippen molar-refractivity contribution < 1.29 is 4.11 Å². The molecule has 2 N–H and O–H groups in total. The van der Waals surface area contributed by atoms with E-state index in [1.165, 1.54) is 0 Å². The first-order valence-corrected chi connectivity index (χ1v) is 6.98. The molecule has 7 heteroatoms. The molecule has 0 bridgehead atoms. The van der Waals surface area contributed by atoms with Crippen LogP contribution in [-0.4, -0.2) is 26.7 Å². The van der Waals surface area contributed by atoms with Gasteiger partial charge in [0.05, 0.1) is 5.69 Å². The van der Waals surface area contributed by atoms with Gasteiger partial charge < -0.3 is 5.32 Å². The van der Waals surface area contributed by atoms with Crippen molar-refractivity contribution in [2.45, 2.75) is 13.8 Å². The van der Waals surface area contributed by atoms with Crippen LogP contribution in [0.1, 0.15) is 15.2 Å². The number of halogens is 1. The molecule has 0 unspecified atom stereocenters. The molecule has 0 aliphatic carbocycles. The van der Waals surface area contributed by atoms with Crippen LogP contribution in [-0.2, 0) is 0 Å². The van der Waals surface area contributed by atoms with Crippen LogP contribution in [0.3, 0.4) is 0 Å². The van der Waals surface area contributed by atoms with Crippen molar-refractivity contribution in [3.05, 3.63) is 44.3 Å². The van der Waals surface area contributed by atoms with Crippen molar-refractivity contribution in [2.75, 3.05) is 12.3 Å². The van der Waals surface area contributed by atoms with Crippen LogP contribution in [0.25, 0.3) is 16.7 Å². The van der Waals surface area contributed by atoms with Gasteiger partial charge in [-0.15, -0.1) is 5.10 Å². The fraction of sp³-hybridized carbons (Fsp3) is 0.214. The van der Waals surface area contributed by atoms with Gasteiger partial charge in [-0.25, -0.2) is 4.68 Å². The molecule has 2 heterocycles. The molecule has 2 aromatic heterocycles. The summed E-state index contributed by atoms with van der Waals surface area (Å²) in [5, 5.41) is 6.79. The number of H-pyrrole nitrogens is 1. The predicted molar refractivity (Wildman–Crippen MR) is 86.2 cm³/mol. The Morgan fingerprint density at radius 1 is 1.38 bits per heavy atom. The predicted octanol–water partition coefficient (Wildman–Crippen LogP) is 2.53. The van der Waals surface area contributed by atoms with Crippen LogP contribution in [0.15, 0.2) is 27.6 Å². The summed E-state index contributed by atoms with van der Waals surface area (Å²) in [5.41, 5.74) is 2.53. The topological polar surface area (TPSA) is 75.6 Å². The van der Waals surface area contributed by atoms with Crippen molar-refractivity contribution in [3.8, 4) is 5.69 Å². The van der Waals surface area contributed by atoms with E-state index in [2.05, 4.69) is 36.3 Å². The number of fused-ring (bicyclic) bond motifs is 1. The number of benzene rings is 1. The van der Waals surface area contributed by atoms with E-state index in [0.717, 1.165) is 21.3 Å². The Hall–Kier alpha value is -2.15. The van der Waals surface area contributed by atoms with Crippen molar-refractivity contribution in [1.29, 1.82) is 0 Å². The van der Waals surface area contributed by atoms with Gasteiger partial charge in [-0.3, -0.25) is 9.78 Å². The summed E-state index contributed by atoms with van der Waals surface area (Å²) < 4.78 is 24.1. The van der Waals surface area contributed by atoms with Crippen molar-refractivity contribution in [3.63, 3.8) is 0 Å². The Labute approximate surface area is 133 Å². The first-order valence-electron chi connectivity index (χ1n) is 7.69. The molecule has 0 saturated carbocycles. The lowest BCUT2D eigenvalue weighted by molar-refractivity contribution is 0.872. The molecule has 3 rings (SSSR count). The standard InChI is InChI=1S/C14H14BrN5O/c1-7-4-9(15)5-8(2)11(7)20-6-10-12(19-20)17-14(16-3)18-13(10)21/h4-6H,1-3H3,(H2,16,17,18,19,21)/i3D3. The van der Waals surface area contributed by atoms with E-state index in [0.29, 0.717) is 0 Å². The van der Waals surface area contributed by atoms with Gasteiger partial charge in [0.2, 0.25) is 5.95 Å². The summed E-state index contributed by atoms with van der Waals surface area (Å²) in [4.78, 5) is 18.7. The molecular formula is C14H14BrN5O. The highest BCUT2D eigenvalue weighted by atomic mass is 79.9. The first kappa shape index (κ1) is 10.6. The molecule has 0 amide bonds. The Morgan fingerprint density at radius 3 is 2.76 bits per heavy atom. The Morgan fingerprint density at radius 2 is 2.10 bits per heavy atom. The molecule has 21 heavy (non-hydrogen) atoms. The lowest BCUT2D eigenvalue weighted by Crippen LogP contribution is -2.10. The molecule has 108 valence electrons. The van der Waals surface area contributed by atoms with Gasteiger partial charge in [-0.05, 0) is 37.1 Å². The number of aryl methyl sites for hydroxylation is 2. The highest BCUT2D eigenvalue weighted by molar-refractivity contribution is 9.10. The minimum atomic E-state index is -2.45. The number of aromatic amines is 1. The number of rotatable bonds is 2. The fourth-order valence-electron chi connectivity index (χ4n) is 2.35. The van der Waals surface area contributed by atoms with E-state index in [-0.39, 0.29) is 17.0 Å². The molecule has 1 aromatic carbocycles. The van der Waals surface area contributed by atoms with E-state index >= 15 is 0 Å². The van der Waals surface area contributed by atoms with Crippen LogP contribution in [0, 0.1) is 13.8 Å². The number of anilines is 1. The first-order chi connectivity index (χ1) is 11.1. The van der Waals surface area contributed by atoms with E-state index < -0.39 is 12.5 Å². The van der Waals surface area contributed by atoms with Gasteiger partial charge in [-0.1, -0.05) is 15.9 Å². The molecule has 0 saturated heterocycles. The van der Waals surface area contributed by atoms with Crippen molar-refractivity contribution >= 4 is 32.9 Å². The third kappa shape index (κ3) is 2.33. The number of aromatic nitrogens is 4. The summed E-state index contributed by atoms with van der Waals surface area (Å²) in [7, 11) is 0. The molecule has 0 radical (unpaired) electrons. The second-order valence-corrected chi connectivity index (χ2v) is 5.65. The summed E-state index contributed by atoms with van der Waals surface area (Å²) in [5.74, 6) is -0.137. The third-order valence-electron chi connectivity index (χ3n) is 3.19. The normalized spacial score (nSPS) is 13.8. The van der Waals surface area contributed by atoms with Gasteiger partial charge >= 0.3 is 0 Å². The molecule has 0 aliphatic heterocycles. The van der Waals surface area contributed by atoms with Crippen LogP contribution < -0.4 is 10.9 Å². The highest BCUT2D eigenvalue weighted by Crippen LogP contribution is 2.24. The maximum atomic E-state index is 12.2. The van der Waals surface area contributed by atoms with E-state index in [9.17, 15) is 4.79 Å². The van der Waals surface area contributed by atoms with E-state index in [1.807, 2.05) is 26.0 Å². The third-order valence-corrected chi connectivity index (χ3v) is 3.65. The summed E-state index contributed by atoms with van der Waals surface area (Å²) >= 11 is 3.44. The molecule has 0 aliphatic rings. The zero-order valence-corrected chi connectivity index (χ0v) is 12.9. The van der Waals surface area contributed by atoms with Crippen molar-refractivity contribution in [2.24, 2.45) is 0 Å². The summed E-state index contributed by atoms with van der Waals surface area (Å²) in [6.45, 7) is 1.43. The van der Waals surface area contributed by atoms with Gasteiger partial charge in [0.1, 0.15) is 5.39 Å². The van der Waals surface area contributed by atoms with Gasteiger partial charge in [-0.2, -0.15) is 4.98 Å². The smallest absolute Gasteiger partial charge is 0.263 e. The van der Waals surface area contributed by atoms with Crippen LogP contribution in [0.5, 0.6) is 0 Å². The van der Waals surface area contributed by atoms with Gasteiger partial charge in [0, 0.05) is 21.8 Å². The van der Waals surface area contributed by atoms with Gasteiger partial charge in [0.25, 0.3) is 5.56 Å². The zero-order chi connectivity index (χ0) is 17.6. The number of hydrogen-bond donors (Lipinski definition) is 2. The monoisotopic (exact) mass is 350 g/mol. The Kier molecular flexibility index (Phi) is 2.51. The number of hydrogen-bond acceptors (Lipinski definition) is 4. The Balaban J connectivity index is 2.16. The summed E-state index contributed by atoms with van der Waals surface area (Å²) in [6, 6.07) is 3.90. The molecule has 3 aromatic rings. The van der Waals surface area contributed by atoms with Crippen LogP contribution >= 0.6 is 15.9 Å². The van der Waals surface area contributed by atoms with Crippen LogP contribution in [0.4, 0.5) is 5.95 Å². The summed E-state index contributed by atoms with van der Waals surface area (Å²) in [6.07, 6.45) is 1.59. The SMILES string of the molecule is [2H]C([2H])([2H])Nc1nc2nn(-c3c(C)cc(Br)cc3C)cc2c(=O)[nH]1. The lowest BCUT2D eigenvalue weighted by atomic mass is 10.1. The molecule has 0 fully saturated rings. The average molecular weight is 351 g/mol. The van der Waals surface area contributed by atoms with E-state index in [4.69, 9.17) is 4.11 Å². The highest BCUT2D eigenvalue weighted by Gasteiger charge is 2.12. The molecule has 0 atom stereocenters. The maximum Gasteiger partial charge on any atom is 0.263 e. The molecular weight excluding hydrogens is 334 g/mol. The maximum absolute atomic E-state index is 12.2. The van der Waals surface area contributed by atoms with Crippen molar-refractivity contribution in [1.82, 2.24) is 19.7 Å². The Bertz CT molecular complexity index is 969. The second-order valence-electron chi connectivity index (χ2n) is 4.74. The minimum absolute atomic E-state index is 0.137. The largest absolute Gasteiger partial charge is 0.359 e. The quantitative estimate of drug-likeness (QED) is 0.744. The van der Waals surface area contributed by atoms with Gasteiger partial charge in [0.15, 0.2) is 5.65 Å². The number of nitrogens with zero attached hydrogens (tertiary/aromatic N) is 3. The van der Waals surface area contributed by atoms with E-state index in [1.54, 1.807) is 10.9 Å². The fourth-order valence-corrected chi connectivity index (χ4v) is 3.04. The second kappa shape index (κ2) is 5.00. The molecule has 0 spiro atoms. The minimum Gasteiger partial charge on any atom is -0.359 e.